The van der Waals surface area contributed by atoms with Gasteiger partial charge in [-0.2, -0.15) is 0 Å². The summed E-state index contributed by atoms with van der Waals surface area (Å²) in [6, 6.07) is 8.32. The number of aryl methyl sites for hydroxylation is 1. The molecular weight excluding hydrogens is 244 g/mol. The van der Waals surface area contributed by atoms with Gasteiger partial charge >= 0.3 is 0 Å². The molecule has 1 aromatic rings. The highest BCUT2D eigenvalue weighted by Gasteiger charge is 2.05. The van der Waals surface area contributed by atoms with Crippen LogP contribution in [-0.2, 0) is 20.3 Å². The van der Waals surface area contributed by atoms with Crippen LogP contribution in [0.4, 0.5) is 0 Å². The Morgan fingerprint density at radius 3 is 2.67 bits per heavy atom. The molecule has 0 atom stereocenters. The minimum atomic E-state index is -0.754. The molecule has 0 saturated heterocycles. The zero-order valence-electron chi connectivity index (χ0n) is 11.2. The smallest absolute Gasteiger partial charge is 0.223 e. The number of hydrogen-bond acceptors (Lipinski definition) is 3. The third kappa shape index (κ3) is 5.14. The van der Waals surface area contributed by atoms with Crippen molar-refractivity contribution in [1.82, 2.24) is 0 Å². The topological polar surface area (TPSA) is 27.7 Å². The summed E-state index contributed by atoms with van der Waals surface area (Å²) in [5.74, 6) is -0.134. The molecule has 0 bridgehead atoms. The van der Waals surface area contributed by atoms with E-state index in [0.29, 0.717) is 0 Å². The van der Waals surface area contributed by atoms with Gasteiger partial charge < -0.3 is 13.9 Å². The first-order valence-corrected chi connectivity index (χ1v) is 7.55. The van der Waals surface area contributed by atoms with Crippen LogP contribution >= 0.6 is 0 Å². The van der Waals surface area contributed by atoms with Crippen molar-refractivity contribution in [2.45, 2.75) is 18.8 Å². The quantitative estimate of drug-likeness (QED) is 0.388. The van der Waals surface area contributed by atoms with Gasteiger partial charge in [0.2, 0.25) is 9.76 Å². The number of ether oxygens (including phenoxy) is 2. The average molecular weight is 266 g/mol. The van der Waals surface area contributed by atoms with Gasteiger partial charge in [-0.15, -0.1) is 0 Å². The Bertz CT molecular complexity index is 351. The number of hydrogen-bond donors (Lipinski definition) is 0. The molecule has 0 aliphatic carbocycles. The molecule has 0 saturated carbocycles. The van der Waals surface area contributed by atoms with Crippen molar-refractivity contribution in [2.75, 3.05) is 20.8 Å². The van der Waals surface area contributed by atoms with E-state index in [2.05, 4.69) is 24.8 Å². The van der Waals surface area contributed by atoms with Gasteiger partial charge in [0.1, 0.15) is 0 Å². The predicted octanol–water partition coefficient (Wildman–Crippen LogP) is 1.94. The van der Waals surface area contributed by atoms with Crippen molar-refractivity contribution in [3.05, 3.63) is 42.0 Å². The Balaban J connectivity index is 2.23. The zero-order valence-corrected chi connectivity index (χ0v) is 12.6. The maximum absolute atomic E-state index is 5.64. The van der Waals surface area contributed by atoms with Crippen LogP contribution in [0, 0.1) is 0 Å². The molecule has 0 unspecified atom stereocenters. The lowest BCUT2D eigenvalue weighted by atomic mass is 10.0. The Kier molecular flexibility index (Phi) is 7.60. The molecule has 0 fully saturated rings. The van der Waals surface area contributed by atoms with E-state index in [0.717, 1.165) is 19.4 Å². The van der Waals surface area contributed by atoms with E-state index >= 15 is 0 Å². The first-order valence-electron chi connectivity index (χ1n) is 6.15. The van der Waals surface area contributed by atoms with Crippen molar-refractivity contribution in [3.8, 4) is 0 Å². The third-order valence-corrected chi connectivity index (χ3v) is 4.25. The van der Waals surface area contributed by atoms with Crippen LogP contribution in [0.5, 0.6) is 0 Å². The van der Waals surface area contributed by atoms with Crippen LogP contribution in [-0.4, -0.2) is 36.5 Å². The van der Waals surface area contributed by atoms with E-state index in [9.17, 15) is 0 Å². The molecule has 0 aliphatic heterocycles. The number of rotatable bonds is 9. The summed E-state index contributed by atoms with van der Waals surface area (Å²) in [5, 5.41) is 0. The van der Waals surface area contributed by atoms with Crippen molar-refractivity contribution >= 4 is 15.8 Å². The molecular formula is C14H22O3Si. The van der Waals surface area contributed by atoms with E-state index in [1.54, 1.807) is 14.2 Å². The van der Waals surface area contributed by atoms with Gasteiger partial charge in [-0.25, -0.2) is 0 Å². The van der Waals surface area contributed by atoms with Crippen LogP contribution in [0.15, 0.2) is 30.8 Å². The largest absolute Gasteiger partial charge is 0.418 e. The number of methoxy groups -OCH3 is 2. The van der Waals surface area contributed by atoms with Gasteiger partial charge in [-0.3, -0.25) is 0 Å². The standard InChI is InChI=1S/C14H22O3Si/c1-4-12-8-5-6-9-13(12)10-7-11-17-18-14(15-2)16-3/h4-6,8-9,14H,1,7,10-11,18H2,2-3H3. The highest BCUT2D eigenvalue weighted by Crippen LogP contribution is 2.12. The molecule has 1 aromatic carbocycles. The minimum absolute atomic E-state index is 0.134. The van der Waals surface area contributed by atoms with E-state index in [4.69, 9.17) is 13.9 Å². The lowest BCUT2D eigenvalue weighted by Gasteiger charge is -2.13. The zero-order chi connectivity index (χ0) is 13.2. The first-order chi connectivity index (χ1) is 8.81. The Morgan fingerprint density at radius 2 is 2.00 bits per heavy atom. The van der Waals surface area contributed by atoms with Crippen LogP contribution in [0.3, 0.4) is 0 Å². The summed E-state index contributed by atoms with van der Waals surface area (Å²) < 4.78 is 15.8. The van der Waals surface area contributed by atoms with Crippen molar-refractivity contribution in [1.29, 1.82) is 0 Å². The van der Waals surface area contributed by atoms with Gasteiger partial charge in [0.15, 0.2) is 5.91 Å². The Labute approximate surface area is 112 Å². The summed E-state index contributed by atoms with van der Waals surface area (Å²) in [5.41, 5.74) is 2.54. The van der Waals surface area contributed by atoms with Gasteiger partial charge in [-0.05, 0) is 24.0 Å². The van der Waals surface area contributed by atoms with Crippen LogP contribution in [0.1, 0.15) is 17.5 Å². The summed E-state index contributed by atoms with van der Waals surface area (Å²) in [6.07, 6.45) is 3.93. The Hall–Kier alpha value is -0.943. The van der Waals surface area contributed by atoms with Crippen LogP contribution in [0.2, 0.25) is 0 Å². The highest BCUT2D eigenvalue weighted by atomic mass is 28.2. The van der Waals surface area contributed by atoms with Crippen molar-refractivity contribution in [3.63, 3.8) is 0 Å². The summed E-state index contributed by atoms with van der Waals surface area (Å²) in [4.78, 5) is 0. The monoisotopic (exact) mass is 266 g/mol. The molecule has 4 heteroatoms. The normalized spacial score (nSPS) is 11.5. The minimum Gasteiger partial charge on any atom is -0.418 e. The molecule has 0 radical (unpaired) electrons. The van der Waals surface area contributed by atoms with Gasteiger partial charge in [0, 0.05) is 20.8 Å². The molecule has 1 rings (SSSR count). The summed E-state index contributed by atoms with van der Waals surface area (Å²) >= 11 is 0. The molecule has 0 N–H and O–H groups in total. The van der Waals surface area contributed by atoms with E-state index < -0.39 is 9.76 Å². The van der Waals surface area contributed by atoms with Gasteiger partial charge in [0.25, 0.3) is 0 Å². The predicted molar refractivity (Wildman–Crippen MR) is 77.2 cm³/mol. The SMILES string of the molecule is C=Cc1ccccc1CCCO[SiH2]C(OC)OC. The lowest BCUT2D eigenvalue weighted by Crippen LogP contribution is -2.24. The molecule has 100 valence electrons. The fourth-order valence-electron chi connectivity index (χ4n) is 1.74. The van der Waals surface area contributed by atoms with Crippen LogP contribution < -0.4 is 0 Å². The maximum atomic E-state index is 5.64. The van der Waals surface area contributed by atoms with Crippen molar-refractivity contribution in [2.24, 2.45) is 0 Å². The van der Waals surface area contributed by atoms with Gasteiger partial charge in [0.05, 0.1) is 0 Å². The maximum Gasteiger partial charge on any atom is 0.223 e. The molecule has 3 nitrogen and oxygen atoms in total. The fourth-order valence-corrected chi connectivity index (χ4v) is 2.57. The van der Waals surface area contributed by atoms with Crippen molar-refractivity contribution < 1.29 is 13.9 Å². The highest BCUT2D eigenvalue weighted by molar-refractivity contribution is 6.28. The third-order valence-electron chi connectivity index (χ3n) is 2.79. The average Bonchev–Trinajstić information content (AvgIpc) is 2.43. The summed E-state index contributed by atoms with van der Waals surface area (Å²) in [7, 11) is 2.53. The first kappa shape index (κ1) is 15.1. The van der Waals surface area contributed by atoms with Crippen LogP contribution in [0.25, 0.3) is 6.08 Å². The molecule has 18 heavy (non-hydrogen) atoms. The number of benzene rings is 1. The summed E-state index contributed by atoms with van der Waals surface area (Å²) in [6.45, 7) is 4.59. The second-order valence-corrected chi connectivity index (χ2v) is 5.39. The molecule has 0 aromatic heterocycles. The van der Waals surface area contributed by atoms with Gasteiger partial charge in [-0.1, -0.05) is 36.9 Å². The Morgan fingerprint density at radius 1 is 1.28 bits per heavy atom. The fraction of sp³-hybridized carbons (Fsp3) is 0.429. The second-order valence-electron chi connectivity index (χ2n) is 3.98. The van der Waals surface area contributed by atoms with E-state index in [1.807, 2.05) is 12.1 Å². The molecule has 0 amide bonds. The second kappa shape index (κ2) is 9.05. The van der Waals surface area contributed by atoms with E-state index in [-0.39, 0.29) is 5.91 Å². The lowest BCUT2D eigenvalue weighted by molar-refractivity contribution is -0.0527. The molecule has 0 heterocycles. The molecule has 0 aliphatic rings. The molecule has 0 spiro atoms. The van der Waals surface area contributed by atoms with E-state index in [1.165, 1.54) is 11.1 Å².